The van der Waals surface area contributed by atoms with Crippen LogP contribution in [0.2, 0.25) is 0 Å². The molecule has 1 fully saturated rings. The third-order valence-electron chi connectivity index (χ3n) is 8.62. The lowest BCUT2D eigenvalue weighted by Gasteiger charge is -2.50. The van der Waals surface area contributed by atoms with Gasteiger partial charge in [-0.25, -0.2) is 0 Å². The predicted octanol–water partition coefficient (Wildman–Crippen LogP) is 2.05. The summed E-state index contributed by atoms with van der Waals surface area (Å²) in [6, 6.07) is 2.06. The van der Waals surface area contributed by atoms with E-state index < -0.39 is 58.0 Å². The first-order valence-electron chi connectivity index (χ1n) is 13.0. The number of aromatic hydroxyl groups is 1. The summed E-state index contributed by atoms with van der Waals surface area (Å²) in [6.45, 7) is 0. The van der Waals surface area contributed by atoms with Crippen molar-refractivity contribution in [1.29, 1.82) is 0 Å². The Labute approximate surface area is 220 Å². The van der Waals surface area contributed by atoms with Crippen molar-refractivity contribution in [2.75, 3.05) is 14.1 Å². The maximum absolute atomic E-state index is 13.7. The third-order valence-corrected chi connectivity index (χ3v) is 8.62. The molecule has 0 unspecified atom stereocenters. The molecule has 0 bridgehead atoms. The normalized spacial score (nSPS) is 29.4. The minimum atomic E-state index is -2.64. The van der Waals surface area contributed by atoms with Crippen LogP contribution in [0.15, 0.2) is 34.8 Å². The molecule has 1 aromatic carbocycles. The molecule has 1 saturated carbocycles. The zero-order valence-electron chi connectivity index (χ0n) is 21.5. The molecular formula is C29H32N2O7. The van der Waals surface area contributed by atoms with Crippen molar-refractivity contribution in [1.82, 2.24) is 4.90 Å². The summed E-state index contributed by atoms with van der Waals surface area (Å²) < 4.78 is 0. The Kier molecular flexibility index (Phi) is 6.36. The zero-order chi connectivity index (χ0) is 27.5. The maximum atomic E-state index is 13.7. The van der Waals surface area contributed by atoms with Gasteiger partial charge in [-0.05, 0) is 63.4 Å². The van der Waals surface area contributed by atoms with Crippen LogP contribution in [0.25, 0.3) is 0 Å². The van der Waals surface area contributed by atoms with Crippen LogP contribution in [0.5, 0.6) is 5.75 Å². The molecule has 0 spiro atoms. The first kappa shape index (κ1) is 26.0. The summed E-state index contributed by atoms with van der Waals surface area (Å²) in [5.74, 6) is 0.231. The molecule has 1 amide bonds. The Morgan fingerprint density at radius 1 is 1.11 bits per heavy atom. The van der Waals surface area contributed by atoms with E-state index in [1.807, 2.05) is 0 Å². The SMILES string of the molecule is CN(C)[C@@H]1C(O)=C(C(N)=O)C(=O)[C@@]2(O)C(O)=C3C(=O)c4c(O)ccc(C#CC5CCCCC5)c4C[C@H]3C[C@H]12. The highest BCUT2D eigenvalue weighted by atomic mass is 16.3. The van der Waals surface area contributed by atoms with E-state index in [9.17, 15) is 34.8 Å². The fourth-order valence-electron chi connectivity index (χ4n) is 6.79. The van der Waals surface area contributed by atoms with Gasteiger partial charge < -0.3 is 26.2 Å². The molecule has 4 aliphatic carbocycles. The van der Waals surface area contributed by atoms with Crippen molar-refractivity contribution < 1.29 is 34.8 Å². The lowest BCUT2D eigenvalue weighted by atomic mass is 9.58. The van der Waals surface area contributed by atoms with Gasteiger partial charge in [0.25, 0.3) is 5.91 Å². The van der Waals surface area contributed by atoms with Gasteiger partial charge in [0, 0.05) is 23.0 Å². The van der Waals surface area contributed by atoms with Gasteiger partial charge >= 0.3 is 0 Å². The van der Waals surface area contributed by atoms with Crippen LogP contribution >= 0.6 is 0 Å². The highest BCUT2D eigenvalue weighted by Crippen LogP contribution is 2.52. The zero-order valence-corrected chi connectivity index (χ0v) is 21.5. The highest BCUT2D eigenvalue weighted by Gasteiger charge is 2.63. The molecular weight excluding hydrogens is 488 g/mol. The predicted molar refractivity (Wildman–Crippen MR) is 137 cm³/mol. The van der Waals surface area contributed by atoms with E-state index in [0.717, 1.165) is 25.7 Å². The number of nitrogens with two attached hydrogens (primary N) is 1. The monoisotopic (exact) mass is 520 g/mol. The van der Waals surface area contributed by atoms with E-state index in [1.165, 1.54) is 17.4 Å². The summed E-state index contributed by atoms with van der Waals surface area (Å²) in [4.78, 5) is 40.7. The van der Waals surface area contributed by atoms with Gasteiger partial charge in [-0.2, -0.15) is 0 Å². The van der Waals surface area contributed by atoms with E-state index in [4.69, 9.17) is 5.73 Å². The molecule has 6 N–H and O–H groups in total. The molecule has 200 valence electrons. The molecule has 0 aromatic heterocycles. The molecule has 0 aliphatic heterocycles. The fraction of sp³-hybridized carbons (Fsp3) is 0.483. The number of aliphatic hydroxyl groups excluding tert-OH is 2. The van der Waals surface area contributed by atoms with Crippen molar-refractivity contribution in [2.24, 2.45) is 23.5 Å². The summed E-state index contributed by atoms with van der Waals surface area (Å²) >= 11 is 0. The number of nitrogens with zero attached hydrogens (tertiary/aromatic N) is 1. The smallest absolute Gasteiger partial charge is 0.255 e. The first-order valence-corrected chi connectivity index (χ1v) is 13.0. The average Bonchev–Trinajstić information content (AvgIpc) is 2.86. The lowest BCUT2D eigenvalue weighted by Crippen LogP contribution is -2.63. The maximum Gasteiger partial charge on any atom is 0.255 e. The van der Waals surface area contributed by atoms with Gasteiger partial charge in [0.2, 0.25) is 5.78 Å². The van der Waals surface area contributed by atoms with Gasteiger partial charge in [0.1, 0.15) is 22.8 Å². The molecule has 0 radical (unpaired) electrons. The third kappa shape index (κ3) is 3.74. The van der Waals surface area contributed by atoms with E-state index in [0.29, 0.717) is 11.1 Å². The number of hydrogen-bond acceptors (Lipinski definition) is 8. The number of Topliss-reactive ketones (excluding diaryl/α,β-unsaturated/α-hetero) is 2. The Morgan fingerprint density at radius 3 is 2.42 bits per heavy atom. The minimum Gasteiger partial charge on any atom is -0.510 e. The van der Waals surface area contributed by atoms with Gasteiger partial charge in [0.05, 0.1) is 11.6 Å². The molecule has 5 rings (SSSR count). The minimum absolute atomic E-state index is 0.0128. The van der Waals surface area contributed by atoms with Gasteiger partial charge in [0.15, 0.2) is 11.4 Å². The molecule has 9 heteroatoms. The van der Waals surface area contributed by atoms with E-state index in [-0.39, 0.29) is 35.6 Å². The number of ketones is 2. The van der Waals surface area contributed by atoms with Crippen molar-refractivity contribution in [3.05, 3.63) is 51.5 Å². The first-order chi connectivity index (χ1) is 18.0. The summed E-state index contributed by atoms with van der Waals surface area (Å²) in [5, 5.41) is 44.5. The van der Waals surface area contributed by atoms with E-state index >= 15 is 0 Å². The molecule has 38 heavy (non-hydrogen) atoms. The second-order valence-corrected chi connectivity index (χ2v) is 11.1. The molecule has 4 atom stereocenters. The molecule has 1 aromatic rings. The number of phenolic OH excluding ortho intramolecular Hbond substituents is 1. The number of primary amides is 1. The van der Waals surface area contributed by atoms with E-state index in [1.54, 1.807) is 20.2 Å². The van der Waals surface area contributed by atoms with Crippen molar-refractivity contribution in [2.45, 2.75) is 56.6 Å². The van der Waals surface area contributed by atoms with Crippen molar-refractivity contribution >= 4 is 17.5 Å². The van der Waals surface area contributed by atoms with Crippen molar-refractivity contribution in [3.63, 3.8) is 0 Å². The highest BCUT2D eigenvalue weighted by molar-refractivity contribution is 6.24. The van der Waals surface area contributed by atoms with Crippen LogP contribution < -0.4 is 5.73 Å². The standard InChI is InChI=1S/C29H32N2O7/c1-31(2)23-18-13-16-12-17-15(9-8-14-6-4-3-5-7-14)10-11-19(32)21(17)24(33)20(16)26(35)29(18,38)27(36)22(25(23)34)28(30)37/h10-11,14,16,18,23,32,34-35,38H,3-7,12-13H2,1-2H3,(H2,30,37)/t16-,18+,23-,29-/m0/s1. The number of hydrogen-bond donors (Lipinski definition) is 5. The summed E-state index contributed by atoms with van der Waals surface area (Å²) in [5.41, 5.74) is 2.91. The number of fused-ring (bicyclic) bond motifs is 3. The van der Waals surface area contributed by atoms with Crippen LogP contribution in [-0.4, -0.2) is 68.5 Å². The van der Waals surface area contributed by atoms with Gasteiger partial charge in [-0.15, -0.1) is 0 Å². The van der Waals surface area contributed by atoms with E-state index in [2.05, 4.69) is 11.8 Å². The van der Waals surface area contributed by atoms with Crippen molar-refractivity contribution in [3.8, 4) is 17.6 Å². The van der Waals surface area contributed by atoms with Crippen LogP contribution in [0, 0.1) is 29.6 Å². The second-order valence-electron chi connectivity index (χ2n) is 11.1. The van der Waals surface area contributed by atoms with Crippen LogP contribution in [0.4, 0.5) is 0 Å². The molecule has 4 aliphatic rings. The second kappa shape index (κ2) is 9.29. The summed E-state index contributed by atoms with van der Waals surface area (Å²) in [6.07, 6.45) is 5.82. The van der Waals surface area contributed by atoms with Crippen LogP contribution in [0.1, 0.15) is 60.0 Å². The molecule has 0 heterocycles. The molecule has 0 saturated heterocycles. The number of amides is 1. The Morgan fingerprint density at radius 2 is 1.79 bits per heavy atom. The van der Waals surface area contributed by atoms with Gasteiger partial charge in [-0.3, -0.25) is 19.3 Å². The van der Waals surface area contributed by atoms with Crippen LogP contribution in [-0.2, 0) is 16.0 Å². The number of rotatable bonds is 2. The Bertz CT molecular complexity index is 1370. The lowest BCUT2D eigenvalue weighted by molar-refractivity contribution is -0.148. The number of benzene rings is 1. The van der Waals surface area contributed by atoms with Crippen LogP contribution in [0.3, 0.4) is 0 Å². The molecule has 9 nitrogen and oxygen atoms in total. The van der Waals surface area contributed by atoms with Gasteiger partial charge in [-0.1, -0.05) is 31.1 Å². The topological polar surface area (TPSA) is 161 Å². The Balaban J connectivity index is 1.64. The number of carbonyl (C=O) groups excluding carboxylic acids is 3. The fourth-order valence-corrected chi connectivity index (χ4v) is 6.79. The number of likely N-dealkylation sites (N-methyl/N-ethyl adjacent to an activating group) is 1. The average molecular weight is 521 g/mol. The Hall–Kier alpha value is -3.61. The largest absolute Gasteiger partial charge is 0.510 e. The summed E-state index contributed by atoms with van der Waals surface area (Å²) in [7, 11) is 3.20. The number of allylic oxidation sites excluding steroid dienone is 1. The number of aliphatic hydroxyl groups is 3. The number of carbonyl (C=O) groups is 3. The quantitative estimate of drug-likeness (QED) is 0.292. The number of phenols is 1.